The van der Waals surface area contributed by atoms with Crippen LogP contribution in [0.5, 0.6) is 0 Å². The summed E-state index contributed by atoms with van der Waals surface area (Å²) < 4.78 is 28.0. The Morgan fingerprint density at radius 1 is 1.11 bits per heavy atom. The molecule has 2 fully saturated rings. The smallest absolute Gasteiger partial charge is 0.220 e. The van der Waals surface area contributed by atoms with Gasteiger partial charge in [0.25, 0.3) is 0 Å². The SMILES string of the molecule is COC1(C)OC2COCC(C#N)C2OC1(C)OC. The van der Waals surface area contributed by atoms with E-state index < -0.39 is 11.6 Å². The molecule has 0 N–H and O–H groups in total. The van der Waals surface area contributed by atoms with Crippen molar-refractivity contribution in [1.82, 2.24) is 0 Å². The summed E-state index contributed by atoms with van der Waals surface area (Å²) in [5, 5.41) is 9.12. The van der Waals surface area contributed by atoms with Crippen LogP contribution < -0.4 is 0 Å². The second-order valence-corrected chi connectivity index (χ2v) is 4.81. The van der Waals surface area contributed by atoms with E-state index in [0.717, 1.165) is 0 Å². The molecule has 2 heterocycles. The highest BCUT2D eigenvalue weighted by Crippen LogP contribution is 2.42. The van der Waals surface area contributed by atoms with Crippen molar-refractivity contribution in [2.75, 3.05) is 27.4 Å². The number of nitriles is 1. The second kappa shape index (κ2) is 4.76. The van der Waals surface area contributed by atoms with Crippen LogP contribution in [0.15, 0.2) is 0 Å². The molecule has 5 unspecified atom stereocenters. The number of ether oxygens (including phenoxy) is 5. The molecule has 0 radical (unpaired) electrons. The average Bonchev–Trinajstić information content (AvgIpc) is 2.39. The predicted octanol–water partition coefficient (Wildman–Crippen LogP) is 0.666. The minimum absolute atomic E-state index is 0.323. The fourth-order valence-corrected chi connectivity index (χ4v) is 2.36. The number of hydrogen-bond acceptors (Lipinski definition) is 6. The summed E-state index contributed by atoms with van der Waals surface area (Å²) in [5.74, 6) is -2.46. The largest absolute Gasteiger partial charge is 0.377 e. The van der Waals surface area contributed by atoms with Crippen molar-refractivity contribution in [2.45, 2.75) is 37.6 Å². The van der Waals surface area contributed by atoms with Crippen LogP contribution in [-0.4, -0.2) is 51.2 Å². The van der Waals surface area contributed by atoms with E-state index in [9.17, 15) is 0 Å². The molecule has 6 nitrogen and oxygen atoms in total. The molecular weight excluding hydrogens is 238 g/mol. The third-order valence-corrected chi connectivity index (χ3v) is 3.85. The Bertz CT molecular complexity index is 357. The molecule has 0 aromatic heterocycles. The molecule has 102 valence electrons. The van der Waals surface area contributed by atoms with Crippen molar-refractivity contribution in [2.24, 2.45) is 5.92 Å². The van der Waals surface area contributed by atoms with Crippen molar-refractivity contribution in [3.63, 3.8) is 0 Å². The zero-order valence-corrected chi connectivity index (χ0v) is 11.1. The Morgan fingerprint density at radius 3 is 2.28 bits per heavy atom. The zero-order chi connectivity index (χ0) is 13.4. The summed E-state index contributed by atoms with van der Waals surface area (Å²) in [6.45, 7) is 4.24. The summed E-state index contributed by atoms with van der Waals surface area (Å²) >= 11 is 0. The molecule has 0 amide bonds. The first-order valence-electron chi connectivity index (χ1n) is 5.93. The second-order valence-electron chi connectivity index (χ2n) is 4.81. The van der Waals surface area contributed by atoms with Gasteiger partial charge in [-0.1, -0.05) is 0 Å². The van der Waals surface area contributed by atoms with Crippen molar-refractivity contribution >= 4 is 0 Å². The van der Waals surface area contributed by atoms with E-state index in [1.54, 1.807) is 13.8 Å². The predicted molar refractivity (Wildman–Crippen MR) is 60.5 cm³/mol. The van der Waals surface area contributed by atoms with Gasteiger partial charge in [0, 0.05) is 14.2 Å². The lowest BCUT2D eigenvalue weighted by molar-refractivity contribution is -0.458. The Labute approximate surface area is 107 Å². The third kappa shape index (κ3) is 1.92. The fraction of sp³-hybridized carbons (Fsp3) is 0.917. The highest BCUT2D eigenvalue weighted by Gasteiger charge is 2.58. The number of methoxy groups -OCH3 is 2. The minimum atomic E-state index is -1.06. The van der Waals surface area contributed by atoms with Crippen LogP contribution in [0.1, 0.15) is 13.8 Å². The minimum Gasteiger partial charge on any atom is -0.377 e. The molecule has 0 aromatic rings. The van der Waals surface area contributed by atoms with Gasteiger partial charge in [-0.05, 0) is 13.8 Å². The van der Waals surface area contributed by atoms with Crippen molar-refractivity contribution < 1.29 is 23.7 Å². The van der Waals surface area contributed by atoms with Crippen LogP contribution in [0.2, 0.25) is 0 Å². The molecule has 2 rings (SSSR count). The van der Waals surface area contributed by atoms with E-state index in [1.165, 1.54) is 14.2 Å². The van der Waals surface area contributed by atoms with Crippen molar-refractivity contribution in [3.05, 3.63) is 0 Å². The van der Waals surface area contributed by atoms with Gasteiger partial charge in [-0.2, -0.15) is 5.26 Å². The van der Waals surface area contributed by atoms with Crippen LogP contribution in [0, 0.1) is 17.2 Å². The Balaban J connectivity index is 2.27. The van der Waals surface area contributed by atoms with E-state index in [-0.39, 0.29) is 18.1 Å². The van der Waals surface area contributed by atoms with Gasteiger partial charge in [0.1, 0.15) is 12.2 Å². The molecule has 0 aliphatic carbocycles. The normalized spacial score (nSPS) is 48.3. The Hall–Kier alpha value is -0.710. The number of hydrogen-bond donors (Lipinski definition) is 0. The van der Waals surface area contributed by atoms with Gasteiger partial charge in [0.2, 0.25) is 11.6 Å². The highest BCUT2D eigenvalue weighted by molar-refractivity contribution is 5.01. The van der Waals surface area contributed by atoms with Gasteiger partial charge in [-0.3, -0.25) is 0 Å². The number of rotatable bonds is 2. The number of nitrogens with zero attached hydrogens (tertiary/aromatic N) is 1. The quantitative estimate of drug-likeness (QED) is 0.724. The van der Waals surface area contributed by atoms with Gasteiger partial charge in [0.05, 0.1) is 25.2 Å². The van der Waals surface area contributed by atoms with Crippen molar-refractivity contribution in [3.8, 4) is 6.07 Å². The van der Waals surface area contributed by atoms with Crippen LogP contribution in [0.3, 0.4) is 0 Å². The Morgan fingerprint density at radius 2 is 1.72 bits per heavy atom. The molecule has 2 aliphatic rings. The molecule has 2 saturated heterocycles. The molecule has 18 heavy (non-hydrogen) atoms. The van der Waals surface area contributed by atoms with Gasteiger partial charge >= 0.3 is 0 Å². The van der Waals surface area contributed by atoms with E-state index in [1.807, 2.05) is 0 Å². The maximum atomic E-state index is 9.12. The summed E-state index contributed by atoms with van der Waals surface area (Å²) in [6.07, 6.45) is -0.687. The summed E-state index contributed by atoms with van der Waals surface area (Å²) in [5.41, 5.74) is 0. The van der Waals surface area contributed by atoms with Crippen LogP contribution >= 0.6 is 0 Å². The maximum Gasteiger partial charge on any atom is 0.220 e. The average molecular weight is 257 g/mol. The highest BCUT2D eigenvalue weighted by atomic mass is 16.8. The monoisotopic (exact) mass is 257 g/mol. The summed E-state index contributed by atoms with van der Waals surface area (Å²) in [7, 11) is 3.06. The topological polar surface area (TPSA) is 69.9 Å². The van der Waals surface area contributed by atoms with Gasteiger partial charge in [0.15, 0.2) is 0 Å². The van der Waals surface area contributed by atoms with Gasteiger partial charge in [-0.25, -0.2) is 0 Å². The maximum absolute atomic E-state index is 9.12. The van der Waals surface area contributed by atoms with Crippen LogP contribution in [-0.2, 0) is 23.7 Å². The molecule has 0 spiro atoms. The first kappa shape index (κ1) is 13.7. The first-order valence-corrected chi connectivity index (χ1v) is 5.93. The zero-order valence-electron chi connectivity index (χ0n) is 11.1. The molecule has 2 aliphatic heterocycles. The molecule has 0 bridgehead atoms. The lowest BCUT2D eigenvalue weighted by Crippen LogP contribution is -2.68. The van der Waals surface area contributed by atoms with Gasteiger partial charge in [-0.15, -0.1) is 0 Å². The van der Waals surface area contributed by atoms with Gasteiger partial charge < -0.3 is 23.7 Å². The first-order chi connectivity index (χ1) is 8.49. The molecule has 0 aromatic carbocycles. The standard InChI is InChI=1S/C12H19NO5/c1-11(14-3)12(2,15-4)18-10-8(5-13)6-16-7-9(10)17-11/h8-10H,6-7H2,1-4H3. The van der Waals surface area contributed by atoms with E-state index in [2.05, 4.69) is 6.07 Å². The Kier molecular flexibility index (Phi) is 3.63. The van der Waals surface area contributed by atoms with Crippen LogP contribution in [0.25, 0.3) is 0 Å². The van der Waals surface area contributed by atoms with E-state index in [0.29, 0.717) is 13.2 Å². The lowest BCUT2D eigenvalue weighted by Gasteiger charge is -2.53. The third-order valence-electron chi connectivity index (χ3n) is 3.85. The van der Waals surface area contributed by atoms with Crippen LogP contribution in [0.4, 0.5) is 0 Å². The fourth-order valence-electron chi connectivity index (χ4n) is 2.36. The number of fused-ring (bicyclic) bond motifs is 1. The van der Waals surface area contributed by atoms with Crippen molar-refractivity contribution in [1.29, 1.82) is 5.26 Å². The molecule has 5 atom stereocenters. The van der Waals surface area contributed by atoms with E-state index in [4.69, 9.17) is 28.9 Å². The lowest BCUT2D eigenvalue weighted by atomic mass is 9.93. The molecular formula is C12H19NO5. The van der Waals surface area contributed by atoms with E-state index >= 15 is 0 Å². The molecule has 0 saturated carbocycles. The molecule has 6 heteroatoms. The summed E-state index contributed by atoms with van der Waals surface area (Å²) in [6, 6.07) is 2.18. The summed E-state index contributed by atoms with van der Waals surface area (Å²) in [4.78, 5) is 0.